The van der Waals surface area contributed by atoms with Crippen molar-refractivity contribution in [2.75, 3.05) is 25.7 Å². The van der Waals surface area contributed by atoms with Gasteiger partial charge in [-0.05, 0) is 23.8 Å². The van der Waals surface area contributed by atoms with Crippen molar-refractivity contribution in [1.29, 1.82) is 5.26 Å². The molecule has 0 unspecified atom stereocenters. The number of benzodiazepines with no additional fused rings is 1. The van der Waals surface area contributed by atoms with Crippen LogP contribution in [0.25, 0.3) is 0 Å². The monoisotopic (exact) mass is 411 g/mol. The molecule has 3 aromatic carbocycles. The number of ether oxygens (including phenoxy) is 2. The highest BCUT2D eigenvalue weighted by molar-refractivity contribution is 6.20. The number of amides is 1. The predicted octanol–water partition coefficient (Wildman–Crippen LogP) is 3.96. The van der Waals surface area contributed by atoms with Crippen molar-refractivity contribution in [2.24, 2.45) is 4.99 Å². The van der Waals surface area contributed by atoms with Gasteiger partial charge in [0.25, 0.3) is 0 Å². The van der Waals surface area contributed by atoms with E-state index in [9.17, 15) is 10.1 Å². The first-order valence-electron chi connectivity index (χ1n) is 9.80. The summed E-state index contributed by atoms with van der Waals surface area (Å²) < 4.78 is 11.0. The molecule has 3 aromatic rings. The summed E-state index contributed by atoms with van der Waals surface area (Å²) in [6, 6.07) is 22.8. The number of rotatable bonds is 5. The van der Waals surface area contributed by atoms with Crippen LogP contribution in [0, 0.1) is 11.3 Å². The Hall–Kier alpha value is -4.11. The molecule has 0 aromatic heterocycles. The molecule has 0 fully saturated rings. The van der Waals surface area contributed by atoms with Crippen LogP contribution in [0.2, 0.25) is 0 Å². The van der Waals surface area contributed by atoms with E-state index in [0.29, 0.717) is 35.0 Å². The Morgan fingerprint density at radius 3 is 2.45 bits per heavy atom. The van der Waals surface area contributed by atoms with Gasteiger partial charge in [-0.2, -0.15) is 5.26 Å². The number of hydrogen-bond acceptors (Lipinski definition) is 5. The van der Waals surface area contributed by atoms with Crippen LogP contribution in [-0.2, 0) is 11.3 Å². The lowest BCUT2D eigenvalue weighted by molar-refractivity contribution is -0.117. The van der Waals surface area contributed by atoms with E-state index in [1.807, 2.05) is 54.6 Å². The van der Waals surface area contributed by atoms with Gasteiger partial charge in [0.15, 0.2) is 11.5 Å². The number of benzene rings is 3. The Labute approximate surface area is 181 Å². The van der Waals surface area contributed by atoms with E-state index in [4.69, 9.17) is 9.47 Å². The molecule has 154 valence electrons. The van der Waals surface area contributed by atoms with E-state index in [-0.39, 0.29) is 12.5 Å². The van der Waals surface area contributed by atoms with Crippen molar-refractivity contribution in [3.8, 4) is 17.6 Å². The van der Waals surface area contributed by atoms with E-state index >= 15 is 0 Å². The molecule has 0 N–H and O–H groups in total. The largest absolute Gasteiger partial charge is 0.493 e. The third-order valence-electron chi connectivity index (χ3n) is 5.17. The van der Waals surface area contributed by atoms with E-state index in [0.717, 1.165) is 16.7 Å². The fourth-order valence-electron chi connectivity index (χ4n) is 3.65. The summed E-state index contributed by atoms with van der Waals surface area (Å²) in [7, 11) is 3.14. The highest BCUT2D eigenvalue weighted by Gasteiger charge is 2.27. The minimum atomic E-state index is -0.122. The zero-order valence-electron chi connectivity index (χ0n) is 17.3. The van der Waals surface area contributed by atoms with Crippen LogP contribution in [0.3, 0.4) is 0 Å². The van der Waals surface area contributed by atoms with Crippen LogP contribution in [0.5, 0.6) is 11.5 Å². The summed E-state index contributed by atoms with van der Waals surface area (Å²) >= 11 is 0. The summed E-state index contributed by atoms with van der Waals surface area (Å²) in [5, 5.41) is 9.32. The quantitative estimate of drug-likeness (QED) is 0.637. The summed E-state index contributed by atoms with van der Waals surface area (Å²) in [5.41, 5.74) is 4.36. The second-order valence-corrected chi connectivity index (χ2v) is 7.05. The third kappa shape index (κ3) is 3.99. The fourth-order valence-corrected chi connectivity index (χ4v) is 3.65. The molecular weight excluding hydrogens is 390 g/mol. The normalized spacial score (nSPS) is 13.0. The molecular formula is C25H21N3O3. The molecule has 4 rings (SSSR count). The van der Waals surface area contributed by atoms with Crippen LogP contribution >= 0.6 is 0 Å². The molecule has 1 heterocycles. The molecule has 0 aliphatic carbocycles. The molecule has 1 aliphatic heterocycles. The molecule has 0 radical (unpaired) electrons. The van der Waals surface area contributed by atoms with Crippen molar-refractivity contribution in [1.82, 2.24) is 0 Å². The minimum Gasteiger partial charge on any atom is -0.493 e. The van der Waals surface area contributed by atoms with E-state index < -0.39 is 0 Å². The third-order valence-corrected chi connectivity index (χ3v) is 5.17. The Morgan fingerprint density at radius 2 is 1.74 bits per heavy atom. The maximum absolute atomic E-state index is 13.1. The Balaban J connectivity index is 1.91. The van der Waals surface area contributed by atoms with Crippen LogP contribution in [0.4, 0.5) is 5.69 Å². The zero-order chi connectivity index (χ0) is 21.8. The predicted molar refractivity (Wildman–Crippen MR) is 119 cm³/mol. The highest BCUT2D eigenvalue weighted by Crippen LogP contribution is 2.38. The van der Waals surface area contributed by atoms with Crippen molar-refractivity contribution < 1.29 is 14.3 Å². The maximum atomic E-state index is 13.1. The number of aliphatic imine (C=N–C) groups is 1. The van der Waals surface area contributed by atoms with Gasteiger partial charge in [-0.3, -0.25) is 9.79 Å². The van der Waals surface area contributed by atoms with Crippen LogP contribution < -0.4 is 14.4 Å². The van der Waals surface area contributed by atoms with Crippen LogP contribution in [-0.4, -0.2) is 32.4 Å². The second kappa shape index (κ2) is 8.72. The molecule has 1 amide bonds. The molecule has 0 bridgehead atoms. The average molecular weight is 411 g/mol. The number of fused-ring (bicyclic) bond motifs is 1. The lowest BCUT2D eigenvalue weighted by Crippen LogP contribution is -2.32. The summed E-state index contributed by atoms with van der Waals surface area (Å²) in [6.07, 6.45) is 0. The number of nitriles is 1. The molecule has 31 heavy (non-hydrogen) atoms. The number of anilines is 1. The maximum Gasteiger partial charge on any atom is 0.248 e. The van der Waals surface area contributed by atoms with Crippen molar-refractivity contribution in [3.05, 3.63) is 89.0 Å². The molecule has 0 saturated carbocycles. The van der Waals surface area contributed by atoms with Gasteiger partial charge < -0.3 is 14.4 Å². The van der Waals surface area contributed by atoms with Crippen LogP contribution in [0.15, 0.2) is 71.7 Å². The fraction of sp³-hybridized carbons (Fsp3) is 0.160. The standard InChI is InChI=1S/C25H21N3O3/c1-30-22-12-20-21(13-23(22)31-2)28(16-17-7-4-3-5-8-17)24(29)15-27-25(20)19-10-6-9-18(11-19)14-26/h3-13H,15-16H2,1-2H3. The SMILES string of the molecule is COc1cc2c(cc1OC)N(Cc1ccccc1)C(=O)CN=C2c1cccc(C#N)c1. The molecule has 6 heteroatoms. The Kier molecular flexibility index (Phi) is 5.67. The highest BCUT2D eigenvalue weighted by atomic mass is 16.5. The first-order valence-corrected chi connectivity index (χ1v) is 9.80. The minimum absolute atomic E-state index is 0.00173. The second-order valence-electron chi connectivity index (χ2n) is 7.05. The van der Waals surface area contributed by atoms with Gasteiger partial charge in [0.05, 0.1) is 43.8 Å². The number of carbonyl (C=O) groups is 1. The summed E-state index contributed by atoms with van der Waals surface area (Å²) in [4.78, 5) is 19.5. The first kappa shape index (κ1) is 20.2. The molecule has 1 aliphatic rings. The number of methoxy groups -OCH3 is 2. The summed E-state index contributed by atoms with van der Waals surface area (Å²) in [5.74, 6) is 0.947. The lowest BCUT2D eigenvalue weighted by Gasteiger charge is -2.24. The van der Waals surface area contributed by atoms with Gasteiger partial charge in [-0.15, -0.1) is 0 Å². The number of hydrogen-bond donors (Lipinski definition) is 0. The van der Waals surface area contributed by atoms with Gasteiger partial charge in [0, 0.05) is 17.2 Å². The Bertz CT molecular complexity index is 1200. The molecule has 0 spiro atoms. The van der Waals surface area contributed by atoms with Crippen molar-refractivity contribution in [3.63, 3.8) is 0 Å². The van der Waals surface area contributed by atoms with E-state index in [1.54, 1.807) is 31.3 Å². The van der Waals surface area contributed by atoms with Gasteiger partial charge in [0.1, 0.15) is 6.54 Å². The first-order chi connectivity index (χ1) is 15.1. The smallest absolute Gasteiger partial charge is 0.248 e. The van der Waals surface area contributed by atoms with Gasteiger partial charge >= 0.3 is 0 Å². The summed E-state index contributed by atoms with van der Waals surface area (Å²) in [6.45, 7) is 0.404. The molecule has 0 atom stereocenters. The average Bonchev–Trinajstić information content (AvgIpc) is 2.95. The lowest BCUT2D eigenvalue weighted by atomic mass is 9.98. The molecule has 6 nitrogen and oxygen atoms in total. The van der Waals surface area contributed by atoms with Crippen molar-refractivity contribution in [2.45, 2.75) is 6.54 Å². The van der Waals surface area contributed by atoms with Gasteiger partial charge in [-0.25, -0.2) is 0 Å². The topological polar surface area (TPSA) is 74.9 Å². The number of carbonyl (C=O) groups excluding carboxylic acids is 1. The Morgan fingerprint density at radius 1 is 1.00 bits per heavy atom. The number of nitrogens with zero attached hydrogens (tertiary/aromatic N) is 3. The zero-order valence-corrected chi connectivity index (χ0v) is 17.3. The van der Waals surface area contributed by atoms with Crippen LogP contribution in [0.1, 0.15) is 22.3 Å². The van der Waals surface area contributed by atoms with E-state index in [1.165, 1.54) is 0 Å². The van der Waals surface area contributed by atoms with Gasteiger partial charge in [-0.1, -0.05) is 42.5 Å². The van der Waals surface area contributed by atoms with Gasteiger partial charge in [0.2, 0.25) is 5.91 Å². The van der Waals surface area contributed by atoms with Crippen molar-refractivity contribution >= 4 is 17.3 Å². The molecule has 0 saturated heterocycles. The van der Waals surface area contributed by atoms with E-state index in [2.05, 4.69) is 11.1 Å².